The third kappa shape index (κ3) is 4.00. The first-order valence-electron chi connectivity index (χ1n) is 6.31. The van der Waals surface area contributed by atoms with Crippen molar-refractivity contribution in [1.29, 1.82) is 0 Å². The van der Waals surface area contributed by atoms with E-state index < -0.39 is 0 Å². The van der Waals surface area contributed by atoms with Crippen LogP contribution in [-0.2, 0) is 0 Å². The molecule has 0 aromatic heterocycles. The van der Waals surface area contributed by atoms with Gasteiger partial charge in [0.2, 0.25) is 0 Å². The lowest BCUT2D eigenvalue weighted by Gasteiger charge is -2.29. The molecule has 1 nitrogen and oxygen atoms in total. The van der Waals surface area contributed by atoms with E-state index in [1.807, 2.05) is 0 Å². The smallest absolute Gasteiger partial charge is 0.0154 e. The largest absolute Gasteiger partial charge is 0.325 e. The van der Waals surface area contributed by atoms with Crippen LogP contribution in [0, 0.1) is 11.8 Å². The normalized spacial score (nSPS) is 34.5. The highest BCUT2D eigenvalue weighted by molar-refractivity contribution is 4.87. The fraction of sp³-hybridized carbons (Fsp3) is 1.00. The molecule has 1 aliphatic rings. The molecule has 0 bridgehead atoms. The lowest BCUT2D eigenvalue weighted by Crippen LogP contribution is -2.39. The molecule has 1 rings (SSSR count). The van der Waals surface area contributed by atoms with Crippen LogP contribution in [0.1, 0.15) is 65.7 Å². The third-order valence-electron chi connectivity index (χ3n) is 3.73. The first-order chi connectivity index (χ1) is 6.52. The molecule has 0 saturated heterocycles. The van der Waals surface area contributed by atoms with Crippen molar-refractivity contribution in [2.45, 2.75) is 71.3 Å². The molecule has 1 aliphatic carbocycles. The van der Waals surface area contributed by atoms with Gasteiger partial charge in [0.25, 0.3) is 0 Å². The van der Waals surface area contributed by atoms with E-state index in [2.05, 4.69) is 20.8 Å². The molecule has 1 saturated carbocycles. The van der Waals surface area contributed by atoms with Gasteiger partial charge in [-0.2, -0.15) is 0 Å². The molecule has 1 fully saturated rings. The molecule has 2 unspecified atom stereocenters. The Kier molecular flexibility index (Phi) is 4.43. The molecule has 0 aromatic carbocycles. The lowest BCUT2D eigenvalue weighted by molar-refractivity contribution is 0.314. The van der Waals surface area contributed by atoms with E-state index in [4.69, 9.17) is 5.73 Å². The van der Waals surface area contributed by atoms with E-state index in [-0.39, 0.29) is 5.54 Å². The first-order valence-corrected chi connectivity index (χ1v) is 6.31. The Morgan fingerprint density at radius 1 is 1.29 bits per heavy atom. The minimum Gasteiger partial charge on any atom is -0.325 e. The highest BCUT2D eigenvalue weighted by atomic mass is 14.7. The summed E-state index contributed by atoms with van der Waals surface area (Å²) < 4.78 is 0. The Bertz CT molecular complexity index is 165. The van der Waals surface area contributed by atoms with E-state index in [0.717, 1.165) is 11.8 Å². The number of rotatable bonds is 3. The van der Waals surface area contributed by atoms with Gasteiger partial charge in [0.1, 0.15) is 0 Å². The van der Waals surface area contributed by atoms with Crippen LogP contribution in [0.5, 0.6) is 0 Å². The van der Waals surface area contributed by atoms with E-state index in [1.54, 1.807) is 0 Å². The van der Waals surface area contributed by atoms with Crippen molar-refractivity contribution in [2.75, 3.05) is 0 Å². The van der Waals surface area contributed by atoms with Gasteiger partial charge in [-0.15, -0.1) is 0 Å². The second kappa shape index (κ2) is 5.16. The van der Waals surface area contributed by atoms with Crippen LogP contribution in [-0.4, -0.2) is 5.54 Å². The molecule has 0 aromatic rings. The molecular formula is C13H27N. The van der Waals surface area contributed by atoms with Crippen LogP contribution in [0.25, 0.3) is 0 Å². The minimum absolute atomic E-state index is 0.176. The van der Waals surface area contributed by atoms with Gasteiger partial charge in [-0.3, -0.25) is 0 Å². The Morgan fingerprint density at radius 2 is 2.00 bits per heavy atom. The van der Waals surface area contributed by atoms with Crippen molar-refractivity contribution in [2.24, 2.45) is 17.6 Å². The van der Waals surface area contributed by atoms with Gasteiger partial charge < -0.3 is 5.73 Å². The zero-order valence-electron chi connectivity index (χ0n) is 10.2. The Balaban J connectivity index is 2.38. The van der Waals surface area contributed by atoms with Crippen molar-refractivity contribution in [3.63, 3.8) is 0 Å². The van der Waals surface area contributed by atoms with Gasteiger partial charge in [0, 0.05) is 5.54 Å². The van der Waals surface area contributed by atoms with Crippen molar-refractivity contribution >= 4 is 0 Å². The third-order valence-corrected chi connectivity index (χ3v) is 3.73. The Labute approximate surface area is 89.5 Å². The summed E-state index contributed by atoms with van der Waals surface area (Å²) in [6, 6.07) is 0. The van der Waals surface area contributed by atoms with Crippen LogP contribution in [0.3, 0.4) is 0 Å². The number of hydrogen-bond acceptors (Lipinski definition) is 1. The summed E-state index contributed by atoms with van der Waals surface area (Å²) >= 11 is 0. The lowest BCUT2D eigenvalue weighted by atomic mass is 9.84. The van der Waals surface area contributed by atoms with Crippen LogP contribution >= 0.6 is 0 Å². The predicted molar refractivity (Wildman–Crippen MR) is 63.2 cm³/mol. The van der Waals surface area contributed by atoms with Gasteiger partial charge in [0.15, 0.2) is 0 Å². The Morgan fingerprint density at radius 3 is 2.64 bits per heavy atom. The van der Waals surface area contributed by atoms with E-state index in [0.29, 0.717) is 0 Å². The summed E-state index contributed by atoms with van der Waals surface area (Å²) in [4.78, 5) is 0. The van der Waals surface area contributed by atoms with E-state index in [1.165, 1.54) is 44.9 Å². The van der Waals surface area contributed by atoms with Gasteiger partial charge in [-0.1, -0.05) is 33.6 Å². The molecule has 0 aliphatic heterocycles. The van der Waals surface area contributed by atoms with Gasteiger partial charge >= 0.3 is 0 Å². The standard InChI is InChI=1S/C13H27N/c1-11(2)6-9-13(14)8-4-5-12(3)7-10-13/h11-12H,4-10,14H2,1-3H3. The molecule has 2 N–H and O–H groups in total. The summed E-state index contributed by atoms with van der Waals surface area (Å²) in [6.07, 6.45) is 9.11. The Hall–Kier alpha value is -0.0400. The number of hydrogen-bond donors (Lipinski definition) is 1. The summed E-state index contributed by atoms with van der Waals surface area (Å²) in [7, 11) is 0. The maximum Gasteiger partial charge on any atom is 0.0154 e. The van der Waals surface area contributed by atoms with Crippen LogP contribution in [0.15, 0.2) is 0 Å². The highest BCUT2D eigenvalue weighted by Gasteiger charge is 2.27. The van der Waals surface area contributed by atoms with Crippen molar-refractivity contribution in [3.8, 4) is 0 Å². The molecule has 84 valence electrons. The van der Waals surface area contributed by atoms with Crippen molar-refractivity contribution in [1.82, 2.24) is 0 Å². The zero-order chi connectivity index (χ0) is 10.6. The fourth-order valence-electron chi connectivity index (χ4n) is 2.43. The zero-order valence-corrected chi connectivity index (χ0v) is 10.2. The first kappa shape index (κ1) is 12.0. The highest BCUT2D eigenvalue weighted by Crippen LogP contribution is 2.32. The molecule has 0 amide bonds. The van der Waals surface area contributed by atoms with Gasteiger partial charge in [-0.25, -0.2) is 0 Å². The topological polar surface area (TPSA) is 26.0 Å². The van der Waals surface area contributed by atoms with Gasteiger partial charge in [0.05, 0.1) is 0 Å². The summed E-state index contributed by atoms with van der Waals surface area (Å²) in [5, 5.41) is 0. The van der Waals surface area contributed by atoms with Gasteiger partial charge in [-0.05, 0) is 43.9 Å². The van der Waals surface area contributed by atoms with Crippen molar-refractivity contribution < 1.29 is 0 Å². The second-order valence-corrected chi connectivity index (χ2v) is 5.83. The maximum absolute atomic E-state index is 6.47. The average molecular weight is 197 g/mol. The molecule has 0 spiro atoms. The van der Waals surface area contributed by atoms with E-state index in [9.17, 15) is 0 Å². The molecule has 14 heavy (non-hydrogen) atoms. The summed E-state index contributed by atoms with van der Waals surface area (Å²) in [5.41, 5.74) is 6.65. The second-order valence-electron chi connectivity index (χ2n) is 5.83. The van der Waals surface area contributed by atoms with Crippen LogP contribution in [0.2, 0.25) is 0 Å². The molecule has 1 heteroatoms. The summed E-state index contributed by atoms with van der Waals surface area (Å²) in [5.74, 6) is 1.70. The maximum atomic E-state index is 6.47. The molecule has 2 atom stereocenters. The molecule has 0 radical (unpaired) electrons. The van der Waals surface area contributed by atoms with E-state index >= 15 is 0 Å². The minimum atomic E-state index is 0.176. The monoisotopic (exact) mass is 197 g/mol. The number of nitrogens with two attached hydrogens (primary N) is 1. The van der Waals surface area contributed by atoms with Crippen molar-refractivity contribution in [3.05, 3.63) is 0 Å². The predicted octanol–water partition coefficient (Wildman–Crippen LogP) is 3.72. The average Bonchev–Trinajstić information content (AvgIpc) is 2.27. The fourth-order valence-corrected chi connectivity index (χ4v) is 2.43. The molecular weight excluding hydrogens is 170 g/mol. The SMILES string of the molecule is CC(C)CCC1(N)CCCC(C)CC1. The molecule has 0 heterocycles. The van der Waals surface area contributed by atoms with Crippen LogP contribution in [0.4, 0.5) is 0 Å². The quantitative estimate of drug-likeness (QED) is 0.686. The summed E-state index contributed by atoms with van der Waals surface area (Å²) in [6.45, 7) is 6.96. The van der Waals surface area contributed by atoms with Crippen LogP contribution < -0.4 is 5.73 Å².